The van der Waals surface area contributed by atoms with Gasteiger partial charge in [0.25, 0.3) is 0 Å². The van der Waals surface area contributed by atoms with Crippen molar-refractivity contribution in [3.8, 4) is 0 Å². The second-order valence-corrected chi connectivity index (χ2v) is 4.62. The summed E-state index contributed by atoms with van der Waals surface area (Å²) in [5.74, 6) is 1.41. The highest BCUT2D eigenvalue weighted by Gasteiger charge is 2.28. The molecule has 1 N–H and O–H groups in total. The van der Waals surface area contributed by atoms with Crippen molar-refractivity contribution in [1.29, 1.82) is 0 Å². The van der Waals surface area contributed by atoms with Crippen molar-refractivity contribution >= 4 is 0 Å². The Bertz CT molecular complexity index is 145. The summed E-state index contributed by atoms with van der Waals surface area (Å²) in [5, 5.41) is 3.44. The molecule has 0 unspecified atom stereocenters. The Morgan fingerprint density at radius 1 is 1.23 bits per heavy atom. The third kappa shape index (κ3) is 3.28. The van der Waals surface area contributed by atoms with E-state index in [1.54, 1.807) is 0 Å². The van der Waals surface area contributed by atoms with Crippen LogP contribution in [0.1, 0.15) is 34.1 Å². The molecule has 2 atom stereocenters. The van der Waals surface area contributed by atoms with Gasteiger partial charge in [-0.05, 0) is 38.6 Å². The Labute approximate surface area is 82.0 Å². The van der Waals surface area contributed by atoms with Gasteiger partial charge in [-0.2, -0.15) is 0 Å². The minimum atomic E-state index is 0.365. The minimum Gasteiger partial charge on any atom is -0.375 e. The Kier molecular flexibility index (Phi) is 4.20. The van der Waals surface area contributed by atoms with E-state index < -0.39 is 0 Å². The van der Waals surface area contributed by atoms with Gasteiger partial charge in [-0.25, -0.2) is 0 Å². The zero-order valence-corrected chi connectivity index (χ0v) is 9.34. The van der Waals surface area contributed by atoms with Crippen LogP contribution in [0, 0.1) is 11.8 Å². The van der Waals surface area contributed by atoms with Crippen molar-refractivity contribution in [3.05, 3.63) is 0 Å². The monoisotopic (exact) mass is 185 g/mol. The maximum absolute atomic E-state index is 5.93. The molecule has 1 saturated heterocycles. The molecule has 0 aromatic heterocycles. The van der Waals surface area contributed by atoms with Gasteiger partial charge in [0.05, 0.1) is 12.2 Å². The van der Waals surface area contributed by atoms with Crippen molar-refractivity contribution in [2.45, 2.75) is 46.3 Å². The van der Waals surface area contributed by atoms with Crippen LogP contribution in [-0.2, 0) is 4.74 Å². The van der Waals surface area contributed by atoms with E-state index in [-0.39, 0.29) is 0 Å². The maximum Gasteiger partial charge on any atom is 0.0633 e. The highest BCUT2D eigenvalue weighted by atomic mass is 16.5. The summed E-state index contributed by atoms with van der Waals surface area (Å²) < 4.78 is 5.93. The first-order chi connectivity index (χ1) is 6.11. The van der Waals surface area contributed by atoms with Gasteiger partial charge in [-0.1, -0.05) is 13.8 Å². The summed E-state index contributed by atoms with van der Waals surface area (Å²) in [7, 11) is 0. The average molecular weight is 185 g/mol. The molecule has 1 aliphatic heterocycles. The first-order valence-corrected chi connectivity index (χ1v) is 5.47. The van der Waals surface area contributed by atoms with Gasteiger partial charge in [0.15, 0.2) is 0 Å². The molecule has 1 rings (SSSR count). The van der Waals surface area contributed by atoms with Crippen LogP contribution >= 0.6 is 0 Å². The summed E-state index contributed by atoms with van der Waals surface area (Å²) in [4.78, 5) is 0. The minimum absolute atomic E-state index is 0.365. The molecular weight excluding hydrogens is 162 g/mol. The maximum atomic E-state index is 5.93. The lowest BCUT2D eigenvalue weighted by Crippen LogP contribution is -2.44. The van der Waals surface area contributed by atoms with Gasteiger partial charge in [0.1, 0.15) is 0 Å². The number of nitrogens with one attached hydrogen (secondary N) is 1. The van der Waals surface area contributed by atoms with E-state index in [2.05, 4.69) is 33.0 Å². The molecule has 0 saturated carbocycles. The fourth-order valence-corrected chi connectivity index (χ4v) is 2.04. The third-order valence-electron chi connectivity index (χ3n) is 2.77. The summed E-state index contributed by atoms with van der Waals surface area (Å²) in [6.45, 7) is 11.1. The SMILES string of the molecule is CC(C)O[C@@H]1CCNC[C@H]1C(C)C. The lowest BCUT2D eigenvalue weighted by Gasteiger charge is -2.35. The van der Waals surface area contributed by atoms with Crippen LogP contribution in [0.15, 0.2) is 0 Å². The molecule has 0 bridgehead atoms. The summed E-state index contributed by atoms with van der Waals surface area (Å²) in [6.07, 6.45) is 2.01. The molecule has 1 fully saturated rings. The number of ether oxygens (including phenoxy) is 1. The molecule has 0 aromatic carbocycles. The zero-order chi connectivity index (χ0) is 9.84. The highest BCUT2D eigenvalue weighted by molar-refractivity contribution is 4.81. The van der Waals surface area contributed by atoms with Gasteiger partial charge in [0.2, 0.25) is 0 Å². The van der Waals surface area contributed by atoms with Crippen LogP contribution in [0.2, 0.25) is 0 Å². The number of piperidine rings is 1. The number of hydrogen-bond acceptors (Lipinski definition) is 2. The second-order valence-electron chi connectivity index (χ2n) is 4.62. The van der Waals surface area contributed by atoms with Crippen LogP contribution < -0.4 is 5.32 Å². The Hall–Kier alpha value is -0.0800. The highest BCUT2D eigenvalue weighted by Crippen LogP contribution is 2.23. The standard InChI is InChI=1S/C11H23NO/c1-8(2)10-7-12-6-5-11(10)13-9(3)4/h8-12H,5-7H2,1-4H3/t10-,11+/m0/s1. The first kappa shape index (κ1) is 11.0. The lowest BCUT2D eigenvalue weighted by atomic mass is 9.86. The summed E-state index contributed by atoms with van der Waals surface area (Å²) >= 11 is 0. The molecule has 2 heteroatoms. The second kappa shape index (κ2) is 4.97. The van der Waals surface area contributed by atoms with Crippen molar-refractivity contribution in [2.75, 3.05) is 13.1 Å². The topological polar surface area (TPSA) is 21.3 Å². The van der Waals surface area contributed by atoms with Crippen molar-refractivity contribution < 1.29 is 4.74 Å². The van der Waals surface area contributed by atoms with Crippen LogP contribution in [0.3, 0.4) is 0 Å². The fraction of sp³-hybridized carbons (Fsp3) is 1.00. The van der Waals surface area contributed by atoms with E-state index in [4.69, 9.17) is 4.74 Å². The summed E-state index contributed by atoms with van der Waals surface area (Å²) in [6, 6.07) is 0. The Balaban J connectivity index is 2.46. The third-order valence-corrected chi connectivity index (χ3v) is 2.77. The van der Waals surface area contributed by atoms with Crippen LogP contribution in [0.4, 0.5) is 0 Å². The molecule has 1 aliphatic rings. The van der Waals surface area contributed by atoms with Gasteiger partial charge < -0.3 is 10.1 Å². The van der Waals surface area contributed by atoms with E-state index in [1.807, 2.05) is 0 Å². The van der Waals surface area contributed by atoms with Crippen LogP contribution in [-0.4, -0.2) is 25.3 Å². The molecule has 0 spiro atoms. The van der Waals surface area contributed by atoms with E-state index in [9.17, 15) is 0 Å². The van der Waals surface area contributed by atoms with Gasteiger partial charge in [-0.15, -0.1) is 0 Å². The molecule has 0 aliphatic carbocycles. The quantitative estimate of drug-likeness (QED) is 0.726. The molecule has 2 nitrogen and oxygen atoms in total. The van der Waals surface area contributed by atoms with Crippen molar-refractivity contribution in [2.24, 2.45) is 11.8 Å². The van der Waals surface area contributed by atoms with Crippen molar-refractivity contribution in [3.63, 3.8) is 0 Å². The Morgan fingerprint density at radius 2 is 1.92 bits per heavy atom. The van der Waals surface area contributed by atoms with Crippen LogP contribution in [0.5, 0.6) is 0 Å². The Morgan fingerprint density at radius 3 is 2.46 bits per heavy atom. The van der Waals surface area contributed by atoms with Gasteiger partial charge in [0, 0.05) is 6.54 Å². The molecule has 0 aromatic rings. The molecule has 1 heterocycles. The fourth-order valence-electron chi connectivity index (χ4n) is 2.04. The van der Waals surface area contributed by atoms with E-state index in [0.717, 1.165) is 19.0 Å². The van der Waals surface area contributed by atoms with Crippen LogP contribution in [0.25, 0.3) is 0 Å². The predicted molar refractivity (Wildman–Crippen MR) is 55.8 cm³/mol. The van der Waals surface area contributed by atoms with Gasteiger partial charge >= 0.3 is 0 Å². The van der Waals surface area contributed by atoms with E-state index >= 15 is 0 Å². The first-order valence-electron chi connectivity index (χ1n) is 5.47. The molecule has 0 radical (unpaired) electrons. The van der Waals surface area contributed by atoms with Crippen molar-refractivity contribution in [1.82, 2.24) is 5.32 Å². The largest absolute Gasteiger partial charge is 0.375 e. The number of rotatable bonds is 3. The number of hydrogen-bond donors (Lipinski definition) is 1. The van der Waals surface area contributed by atoms with Gasteiger partial charge in [-0.3, -0.25) is 0 Å². The van der Waals surface area contributed by atoms with E-state index in [1.165, 1.54) is 6.42 Å². The molecule has 78 valence electrons. The lowest BCUT2D eigenvalue weighted by molar-refractivity contribution is -0.0514. The normalized spacial score (nSPS) is 30.0. The average Bonchev–Trinajstić information content (AvgIpc) is 2.03. The molecule has 13 heavy (non-hydrogen) atoms. The van der Waals surface area contributed by atoms with E-state index in [0.29, 0.717) is 18.1 Å². The predicted octanol–water partition coefficient (Wildman–Crippen LogP) is 2.05. The zero-order valence-electron chi connectivity index (χ0n) is 9.34. The molecule has 0 amide bonds. The summed E-state index contributed by atoms with van der Waals surface area (Å²) in [5.41, 5.74) is 0. The smallest absolute Gasteiger partial charge is 0.0633 e. The molecular formula is C11H23NO.